The molecule has 0 aliphatic rings. The van der Waals surface area contributed by atoms with Gasteiger partial charge in [-0.25, -0.2) is 0 Å². The molecule has 2 aromatic rings. The van der Waals surface area contributed by atoms with E-state index in [0.717, 1.165) is 25.0 Å². The minimum Gasteiger partial charge on any atom is -0.374 e. The molecule has 0 radical (unpaired) electrons. The van der Waals surface area contributed by atoms with Crippen LogP contribution in [0.15, 0.2) is 36.5 Å². The zero-order valence-electron chi connectivity index (χ0n) is 13.5. The fourth-order valence-electron chi connectivity index (χ4n) is 2.96. The van der Waals surface area contributed by atoms with Crippen LogP contribution in [0.1, 0.15) is 32.8 Å². The van der Waals surface area contributed by atoms with Gasteiger partial charge in [-0.1, -0.05) is 25.1 Å². The van der Waals surface area contributed by atoms with Gasteiger partial charge in [0, 0.05) is 24.2 Å². The van der Waals surface area contributed by atoms with E-state index in [1.165, 1.54) is 10.9 Å². The summed E-state index contributed by atoms with van der Waals surface area (Å²) in [5.41, 5.74) is 2.22. The number of para-hydroxylation sites is 1. The summed E-state index contributed by atoms with van der Waals surface area (Å²) in [6, 6.07) is 10.7. The first-order chi connectivity index (χ1) is 10.1. The number of fused-ring (bicyclic) bond motifs is 1. The lowest BCUT2D eigenvalue weighted by Crippen LogP contribution is -2.50. The van der Waals surface area contributed by atoms with E-state index in [2.05, 4.69) is 55.3 Å². The molecule has 1 heterocycles. The smallest absolute Gasteiger partial charge is 0.0807 e. The summed E-state index contributed by atoms with van der Waals surface area (Å²) in [5.74, 6) is 0. The largest absolute Gasteiger partial charge is 0.374 e. The summed E-state index contributed by atoms with van der Waals surface area (Å²) in [4.78, 5) is 4.44. The Bertz CT molecular complexity index is 579. The highest BCUT2D eigenvalue weighted by Gasteiger charge is 2.32. The summed E-state index contributed by atoms with van der Waals surface area (Å²) in [6.45, 7) is 7.17. The highest BCUT2D eigenvalue weighted by molar-refractivity contribution is 5.81. The van der Waals surface area contributed by atoms with Gasteiger partial charge in [0.05, 0.1) is 11.1 Å². The molecular formula is C18H26N2O. The molecule has 0 bridgehead atoms. The van der Waals surface area contributed by atoms with Crippen LogP contribution < -0.4 is 5.32 Å². The van der Waals surface area contributed by atoms with Crippen molar-refractivity contribution in [2.75, 3.05) is 13.7 Å². The van der Waals surface area contributed by atoms with Gasteiger partial charge in [0.15, 0.2) is 0 Å². The third-order valence-electron chi connectivity index (χ3n) is 4.43. The van der Waals surface area contributed by atoms with Crippen molar-refractivity contribution in [2.24, 2.45) is 0 Å². The molecule has 0 amide bonds. The fraction of sp³-hybridized carbons (Fsp3) is 0.500. The summed E-state index contributed by atoms with van der Waals surface area (Å²) in [7, 11) is 2.01. The molecule has 2 rings (SSSR count). The molecule has 0 aliphatic carbocycles. The van der Waals surface area contributed by atoms with E-state index in [4.69, 9.17) is 4.74 Å². The summed E-state index contributed by atoms with van der Waals surface area (Å²) >= 11 is 0. The minimum atomic E-state index is -0.159. The van der Waals surface area contributed by atoms with Crippen LogP contribution in [0.25, 0.3) is 10.9 Å². The third-order valence-corrected chi connectivity index (χ3v) is 4.43. The SMILES string of the molecule is CCOC(C)(CC)C(Cc1ccnc2ccccc12)NC. The fourth-order valence-corrected chi connectivity index (χ4v) is 2.96. The molecule has 2 unspecified atom stereocenters. The lowest BCUT2D eigenvalue weighted by Gasteiger charge is -2.37. The Morgan fingerprint density at radius 2 is 2.00 bits per heavy atom. The van der Waals surface area contributed by atoms with Gasteiger partial charge in [-0.3, -0.25) is 4.98 Å². The number of benzene rings is 1. The van der Waals surface area contributed by atoms with Gasteiger partial charge < -0.3 is 10.1 Å². The second kappa shape index (κ2) is 7.01. The minimum absolute atomic E-state index is 0.159. The van der Waals surface area contributed by atoms with Crippen LogP contribution in [0, 0.1) is 0 Å². The highest BCUT2D eigenvalue weighted by atomic mass is 16.5. The van der Waals surface area contributed by atoms with Gasteiger partial charge in [-0.15, -0.1) is 0 Å². The van der Waals surface area contributed by atoms with Gasteiger partial charge >= 0.3 is 0 Å². The van der Waals surface area contributed by atoms with Crippen molar-refractivity contribution < 1.29 is 4.74 Å². The molecule has 114 valence electrons. The molecule has 0 saturated carbocycles. The molecule has 1 N–H and O–H groups in total. The van der Waals surface area contributed by atoms with Crippen LogP contribution in [-0.2, 0) is 11.2 Å². The van der Waals surface area contributed by atoms with Crippen LogP contribution in [0.4, 0.5) is 0 Å². The Labute approximate surface area is 127 Å². The molecule has 0 aliphatic heterocycles. The maximum absolute atomic E-state index is 6.04. The second-order valence-electron chi connectivity index (χ2n) is 5.63. The molecule has 0 spiro atoms. The zero-order chi connectivity index (χ0) is 15.3. The van der Waals surface area contributed by atoms with Crippen molar-refractivity contribution in [3.05, 3.63) is 42.1 Å². The first-order valence-electron chi connectivity index (χ1n) is 7.78. The maximum Gasteiger partial charge on any atom is 0.0807 e. The number of nitrogens with zero attached hydrogens (tertiary/aromatic N) is 1. The lowest BCUT2D eigenvalue weighted by atomic mass is 9.87. The van der Waals surface area contributed by atoms with E-state index in [1.54, 1.807) is 0 Å². The monoisotopic (exact) mass is 286 g/mol. The molecule has 0 fully saturated rings. The molecule has 21 heavy (non-hydrogen) atoms. The first-order valence-corrected chi connectivity index (χ1v) is 7.78. The lowest BCUT2D eigenvalue weighted by molar-refractivity contribution is -0.0533. The number of hydrogen-bond acceptors (Lipinski definition) is 3. The Kier molecular flexibility index (Phi) is 5.32. The molecular weight excluding hydrogens is 260 g/mol. The van der Waals surface area contributed by atoms with Crippen molar-refractivity contribution in [1.82, 2.24) is 10.3 Å². The normalized spacial score (nSPS) is 15.8. The summed E-state index contributed by atoms with van der Waals surface area (Å²) in [6.07, 6.45) is 3.81. The first kappa shape index (κ1) is 15.9. The van der Waals surface area contributed by atoms with E-state index in [9.17, 15) is 0 Å². The maximum atomic E-state index is 6.04. The predicted molar refractivity (Wildman–Crippen MR) is 88.6 cm³/mol. The van der Waals surface area contributed by atoms with Gasteiger partial charge in [0.1, 0.15) is 0 Å². The van der Waals surface area contributed by atoms with Gasteiger partial charge in [0.2, 0.25) is 0 Å². The van der Waals surface area contributed by atoms with Gasteiger partial charge in [-0.2, -0.15) is 0 Å². The topological polar surface area (TPSA) is 34.1 Å². The third kappa shape index (κ3) is 3.42. The number of hydrogen-bond donors (Lipinski definition) is 1. The average molecular weight is 286 g/mol. The van der Waals surface area contributed by atoms with Gasteiger partial charge in [-0.05, 0) is 51.4 Å². The summed E-state index contributed by atoms with van der Waals surface area (Å²) < 4.78 is 6.04. The molecule has 1 aromatic carbocycles. The van der Waals surface area contributed by atoms with E-state index in [1.807, 2.05) is 19.3 Å². The number of pyridine rings is 1. The van der Waals surface area contributed by atoms with E-state index >= 15 is 0 Å². The Morgan fingerprint density at radius 3 is 2.67 bits per heavy atom. The van der Waals surface area contributed by atoms with Crippen molar-refractivity contribution in [3.63, 3.8) is 0 Å². The zero-order valence-corrected chi connectivity index (χ0v) is 13.5. The number of rotatable bonds is 7. The average Bonchev–Trinajstić information content (AvgIpc) is 2.52. The van der Waals surface area contributed by atoms with E-state index < -0.39 is 0 Å². The standard InChI is InChI=1S/C18H26N2O/c1-5-18(3,21-6-2)17(19-4)13-14-11-12-20-16-10-8-7-9-15(14)16/h7-12,17,19H,5-6,13H2,1-4H3. The van der Waals surface area contributed by atoms with Gasteiger partial charge in [0.25, 0.3) is 0 Å². The van der Waals surface area contributed by atoms with Crippen LogP contribution in [0.5, 0.6) is 0 Å². The van der Waals surface area contributed by atoms with Crippen molar-refractivity contribution in [2.45, 2.75) is 45.3 Å². The van der Waals surface area contributed by atoms with Crippen LogP contribution in [-0.4, -0.2) is 30.3 Å². The Balaban J connectivity index is 2.32. The predicted octanol–water partition coefficient (Wildman–Crippen LogP) is 3.57. The Morgan fingerprint density at radius 1 is 1.24 bits per heavy atom. The van der Waals surface area contributed by atoms with Crippen LogP contribution in [0.2, 0.25) is 0 Å². The molecule has 3 nitrogen and oxygen atoms in total. The molecule has 1 aromatic heterocycles. The second-order valence-corrected chi connectivity index (χ2v) is 5.63. The molecule has 2 atom stereocenters. The van der Waals surface area contributed by atoms with Crippen molar-refractivity contribution >= 4 is 10.9 Å². The summed E-state index contributed by atoms with van der Waals surface area (Å²) in [5, 5.41) is 4.68. The molecule has 3 heteroatoms. The number of likely N-dealkylation sites (N-methyl/N-ethyl adjacent to an activating group) is 1. The van der Waals surface area contributed by atoms with Crippen molar-refractivity contribution in [3.8, 4) is 0 Å². The van der Waals surface area contributed by atoms with E-state index in [-0.39, 0.29) is 11.6 Å². The highest BCUT2D eigenvalue weighted by Crippen LogP contribution is 2.25. The van der Waals surface area contributed by atoms with Crippen molar-refractivity contribution in [1.29, 1.82) is 0 Å². The number of aromatic nitrogens is 1. The number of ether oxygens (including phenoxy) is 1. The van der Waals surface area contributed by atoms with Crippen LogP contribution >= 0.6 is 0 Å². The molecule has 0 saturated heterocycles. The van der Waals surface area contributed by atoms with Crippen LogP contribution in [0.3, 0.4) is 0 Å². The Hall–Kier alpha value is -1.45. The van der Waals surface area contributed by atoms with E-state index in [0.29, 0.717) is 0 Å². The quantitative estimate of drug-likeness (QED) is 0.845. The number of nitrogens with one attached hydrogen (secondary N) is 1.